The van der Waals surface area contributed by atoms with Crippen LogP contribution in [0.5, 0.6) is 0 Å². The maximum absolute atomic E-state index is 13.1. The number of rotatable bonds is 4. The van der Waals surface area contributed by atoms with Gasteiger partial charge in [0.05, 0.1) is 18.1 Å². The lowest BCUT2D eigenvalue weighted by Gasteiger charge is -2.09. The van der Waals surface area contributed by atoms with Crippen molar-refractivity contribution in [3.8, 4) is 5.82 Å². The zero-order valence-corrected chi connectivity index (χ0v) is 12.1. The molecule has 0 aliphatic carbocycles. The van der Waals surface area contributed by atoms with Crippen molar-refractivity contribution < 1.29 is 12.8 Å². The van der Waals surface area contributed by atoms with Crippen LogP contribution in [0.1, 0.15) is 0 Å². The van der Waals surface area contributed by atoms with Crippen LogP contribution in [0.3, 0.4) is 0 Å². The Bertz CT molecular complexity index is 784. The van der Waals surface area contributed by atoms with E-state index in [9.17, 15) is 12.8 Å². The third kappa shape index (κ3) is 3.16. The molecule has 0 unspecified atom stereocenters. The number of hydrogen-bond acceptors (Lipinski definition) is 5. The molecule has 112 valence electrons. The third-order valence-corrected chi connectivity index (χ3v) is 3.67. The zero-order valence-electron chi connectivity index (χ0n) is 11.3. The maximum atomic E-state index is 13.1. The molecule has 21 heavy (non-hydrogen) atoms. The van der Waals surface area contributed by atoms with Crippen LogP contribution in [0.4, 0.5) is 10.1 Å². The highest BCUT2D eigenvalue weighted by Gasteiger charge is 2.24. The van der Waals surface area contributed by atoms with Crippen LogP contribution in [-0.4, -0.2) is 48.5 Å². The van der Waals surface area contributed by atoms with Crippen LogP contribution >= 0.6 is 0 Å². The SMILES string of the molecule is CN(C)C=NS(=O)(=O)c1c(N)ccnc1-n1cc(F)cn1. The molecule has 0 saturated heterocycles. The first-order valence-electron chi connectivity index (χ1n) is 5.73. The number of aromatic nitrogens is 3. The lowest BCUT2D eigenvalue weighted by Crippen LogP contribution is -2.14. The molecule has 0 atom stereocenters. The average Bonchev–Trinajstić information content (AvgIpc) is 2.82. The molecule has 0 aliphatic heterocycles. The van der Waals surface area contributed by atoms with Gasteiger partial charge in [0.25, 0.3) is 10.0 Å². The summed E-state index contributed by atoms with van der Waals surface area (Å²) in [6.45, 7) is 0. The van der Waals surface area contributed by atoms with E-state index in [1.54, 1.807) is 14.1 Å². The Labute approximate surface area is 120 Å². The summed E-state index contributed by atoms with van der Waals surface area (Å²) in [6.07, 6.45) is 4.36. The summed E-state index contributed by atoms with van der Waals surface area (Å²) in [7, 11) is -0.858. The topological polar surface area (TPSA) is 106 Å². The summed E-state index contributed by atoms with van der Waals surface area (Å²) in [5.74, 6) is -0.742. The van der Waals surface area contributed by atoms with Crippen molar-refractivity contribution >= 4 is 22.0 Å². The van der Waals surface area contributed by atoms with Gasteiger partial charge in [-0.15, -0.1) is 4.40 Å². The van der Waals surface area contributed by atoms with Crippen molar-refractivity contribution in [2.75, 3.05) is 19.8 Å². The minimum atomic E-state index is -4.10. The quantitative estimate of drug-likeness (QED) is 0.641. The summed E-state index contributed by atoms with van der Waals surface area (Å²) in [5.41, 5.74) is 5.67. The number of pyridine rings is 1. The van der Waals surface area contributed by atoms with Crippen molar-refractivity contribution in [3.05, 3.63) is 30.5 Å². The van der Waals surface area contributed by atoms with E-state index in [4.69, 9.17) is 5.73 Å². The molecule has 8 nitrogen and oxygen atoms in total. The standard InChI is InChI=1S/C11H13FN6O2S/c1-17(2)7-16-21(19,20)10-9(13)3-4-14-11(10)18-6-8(12)5-15-18/h3-7H,1-2H3,(H2,13,14). The second-order valence-electron chi connectivity index (χ2n) is 4.32. The van der Waals surface area contributed by atoms with E-state index < -0.39 is 15.8 Å². The molecule has 2 heterocycles. The van der Waals surface area contributed by atoms with Gasteiger partial charge in [-0.05, 0) is 6.07 Å². The molecule has 0 radical (unpaired) electrons. The maximum Gasteiger partial charge on any atom is 0.289 e. The van der Waals surface area contributed by atoms with Gasteiger partial charge in [-0.3, -0.25) is 0 Å². The second-order valence-corrected chi connectivity index (χ2v) is 5.88. The minimum absolute atomic E-state index is 0.0492. The van der Waals surface area contributed by atoms with Crippen molar-refractivity contribution in [1.29, 1.82) is 0 Å². The molecule has 2 N–H and O–H groups in total. The molecule has 0 aliphatic rings. The molecular weight excluding hydrogens is 299 g/mol. The fourth-order valence-corrected chi connectivity index (χ4v) is 2.67. The van der Waals surface area contributed by atoms with E-state index in [-0.39, 0.29) is 16.4 Å². The molecule has 2 aromatic heterocycles. The van der Waals surface area contributed by atoms with Crippen LogP contribution in [0.2, 0.25) is 0 Å². The molecule has 0 amide bonds. The molecule has 0 bridgehead atoms. The van der Waals surface area contributed by atoms with Gasteiger partial charge in [-0.1, -0.05) is 0 Å². The Balaban J connectivity index is 2.63. The molecule has 2 rings (SSSR count). The summed E-state index contributed by atoms with van der Waals surface area (Å²) < 4.78 is 42.1. The first kappa shape index (κ1) is 14.9. The normalized spacial score (nSPS) is 12.0. The molecular formula is C11H13FN6O2S. The van der Waals surface area contributed by atoms with Gasteiger partial charge in [-0.25, -0.2) is 14.1 Å². The van der Waals surface area contributed by atoms with Gasteiger partial charge in [0.1, 0.15) is 6.34 Å². The average molecular weight is 312 g/mol. The zero-order chi connectivity index (χ0) is 15.6. The largest absolute Gasteiger partial charge is 0.397 e. The Morgan fingerprint density at radius 3 is 2.76 bits per heavy atom. The smallest absolute Gasteiger partial charge is 0.289 e. The number of nitrogen functional groups attached to an aromatic ring is 1. The highest BCUT2D eigenvalue weighted by Crippen LogP contribution is 2.25. The summed E-state index contributed by atoms with van der Waals surface area (Å²) in [5, 5.41) is 3.69. The van der Waals surface area contributed by atoms with Crippen LogP contribution in [0.25, 0.3) is 5.82 Å². The van der Waals surface area contributed by atoms with E-state index in [0.29, 0.717) is 0 Å². The number of hydrogen-bond donors (Lipinski definition) is 1. The first-order valence-corrected chi connectivity index (χ1v) is 7.17. The van der Waals surface area contributed by atoms with Gasteiger partial charge < -0.3 is 10.6 Å². The van der Waals surface area contributed by atoms with Crippen LogP contribution in [-0.2, 0) is 10.0 Å². The predicted molar refractivity (Wildman–Crippen MR) is 75.1 cm³/mol. The van der Waals surface area contributed by atoms with Crippen molar-refractivity contribution in [2.24, 2.45) is 4.40 Å². The van der Waals surface area contributed by atoms with Crippen molar-refractivity contribution in [3.63, 3.8) is 0 Å². The Morgan fingerprint density at radius 1 is 1.48 bits per heavy atom. The number of halogens is 1. The fraction of sp³-hybridized carbons (Fsp3) is 0.182. The Kier molecular flexibility index (Phi) is 3.89. The summed E-state index contributed by atoms with van der Waals surface area (Å²) in [6, 6.07) is 1.32. The van der Waals surface area contributed by atoms with E-state index in [0.717, 1.165) is 23.4 Å². The Hall–Kier alpha value is -2.49. The predicted octanol–water partition coefficient (Wildman–Crippen LogP) is 0.267. The molecule has 0 fully saturated rings. The number of sulfonamides is 1. The molecule has 0 saturated carbocycles. The van der Waals surface area contributed by atoms with Crippen LogP contribution < -0.4 is 5.73 Å². The van der Waals surface area contributed by atoms with Crippen LogP contribution in [0.15, 0.2) is 34.0 Å². The number of nitrogens with two attached hydrogens (primary N) is 1. The number of anilines is 1. The van der Waals surface area contributed by atoms with E-state index in [1.165, 1.54) is 17.2 Å². The van der Waals surface area contributed by atoms with E-state index in [1.807, 2.05) is 0 Å². The van der Waals surface area contributed by atoms with Gasteiger partial charge in [-0.2, -0.15) is 13.5 Å². The molecule has 10 heteroatoms. The van der Waals surface area contributed by atoms with Gasteiger partial charge in [0, 0.05) is 20.3 Å². The minimum Gasteiger partial charge on any atom is -0.397 e. The highest BCUT2D eigenvalue weighted by molar-refractivity contribution is 7.90. The van der Waals surface area contributed by atoms with Gasteiger partial charge in [0.2, 0.25) is 0 Å². The van der Waals surface area contributed by atoms with Gasteiger partial charge in [0.15, 0.2) is 16.5 Å². The summed E-state index contributed by atoms with van der Waals surface area (Å²) >= 11 is 0. The monoisotopic (exact) mass is 312 g/mol. The van der Waals surface area contributed by atoms with Crippen LogP contribution in [0, 0.1) is 5.82 Å². The summed E-state index contributed by atoms with van der Waals surface area (Å²) in [4.78, 5) is 5.03. The van der Waals surface area contributed by atoms with E-state index in [2.05, 4.69) is 14.5 Å². The fourth-order valence-electron chi connectivity index (χ4n) is 1.50. The van der Waals surface area contributed by atoms with Crippen molar-refractivity contribution in [2.45, 2.75) is 4.90 Å². The first-order chi connectivity index (χ1) is 9.81. The van der Waals surface area contributed by atoms with E-state index >= 15 is 0 Å². The number of nitrogens with zero attached hydrogens (tertiary/aromatic N) is 5. The third-order valence-electron chi connectivity index (χ3n) is 2.36. The lowest BCUT2D eigenvalue weighted by molar-refractivity contribution is 0.593. The second kappa shape index (κ2) is 5.48. The van der Waals surface area contributed by atoms with Crippen molar-refractivity contribution in [1.82, 2.24) is 19.7 Å². The highest BCUT2D eigenvalue weighted by atomic mass is 32.2. The molecule has 0 spiro atoms. The molecule has 2 aromatic rings. The van der Waals surface area contributed by atoms with Gasteiger partial charge >= 0.3 is 0 Å². The Morgan fingerprint density at radius 2 is 2.19 bits per heavy atom. The lowest BCUT2D eigenvalue weighted by atomic mass is 10.4. The molecule has 0 aromatic carbocycles.